The first-order valence-electron chi connectivity index (χ1n) is 8.79. The number of hydrogen-bond donors (Lipinski definition) is 3. The minimum absolute atomic E-state index is 0.607. The van der Waals surface area contributed by atoms with Crippen molar-refractivity contribution in [1.29, 1.82) is 5.41 Å². The SMILES string of the molecule is CC.Cc1cc(C=N)c(Nc2cnn(C)c2)cc1C1CCNCC1. The zero-order chi connectivity index (χ0) is 17.5. The van der Waals surface area contributed by atoms with Crippen molar-refractivity contribution >= 4 is 17.6 Å². The van der Waals surface area contributed by atoms with Crippen molar-refractivity contribution in [3.8, 4) is 0 Å². The summed E-state index contributed by atoms with van der Waals surface area (Å²) in [4.78, 5) is 0. The van der Waals surface area contributed by atoms with Crippen molar-refractivity contribution in [1.82, 2.24) is 15.1 Å². The second-order valence-corrected chi connectivity index (χ2v) is 5.99. The van der Waals surface area contributed by atoms with Gasteiger partial charge in [0.1, 0.15) is 0 Å². The first-order chi connectivity index (χ1) is 11.7. The Bertz CT molecular complexity index is 668. The quantitative estimate of drug-likeness (QED) is 0.745. The Morgan fingerprint density at radius 3 is 2.58 bits per heavy atom. The maximum atomic E-state index is 7.67. The van der Waals surface area contributed by atoms with Crippen LogP contribution in [0.15, 0.2) is 24.5 Å². The van der Waals surface area contributed by atoms with Crippen molar-refractivity contribution in [2.24, 2.45) is 7.05 Å². The third-order valence-corrected chi connectivity index (χ3v) is 4.36. The van der Waals surface area contributed by atoms with Crippen LogP contribution in [0.1, 0.15) is 49.3 Å². The first kappa shape index (κ1) is 18.2. The maximum Gasteiger partial charge on any atom is 0.0770 e. The van der Waals surface area contributed by atoms with Gasteiger partial charge in [0.05, 0.1) is 11.9 Å². The molecule has 3 N–H and O–H groups in total. The standard InChI is InChI=1S/C17H23N5.C2H6/c1-12-7-14(9-18)17(21-15-10-20-22(2)11-15)8-16(12)13-3-5-19-6-4-13;1-2/h7-11,13,18-19,21H,3-6H2,1-2H3;1-2H3. The van der Waals surface area contributed by atoms with Gasteiger partial charge in [-0.15, -0.1) is 0 Å². The normalized spacial score (nSPS) is 14.7. The summed E-state index contributed by atoms with van der Waals surface area (Å²) in [5, 5.41) is 18.7. The van der Waals surface area contributed by atoms with Crippen molar-refractivity contribution < 1.29 is 0 Å². The number of nitrogens with one attached hydrogen (secondary N) is 3. The van der Waals surface area contributed by atoms with E-state index in [-0.39, 0.29) is 0 Å². The van der Waals surface area contributed by atoms with Gasteiger partial charge < -0.3 is 16.0 Å². The monoisotopic (exact) mass is 327 g/mol. The van der Waals surface area contributed by atoms with E-state index in [9.17, 15) is 0 Å². The van der Waals surface area contributed by atoms with E-state index in [1.807, 2.05) is 27.1 Å². The molecule has 1 fully saturated rings. The van der Waals surface area contributed by atoms with E-state index >= 15 is 0 Å². The Balaban J connectivity index is 0.00000100. The van der Waals surface area contributed by atoms with Crippen molar-refractivity contribution in [2.45, 2.75) is 39.5 Å². The van der Waals surface area contributed by atoms with Gasteiger partial charge in [-0.05, 0) is 62.0 Å². The van der Waals surface area contributed by atoms with E-state index in [1.54, 1.807) is 10.9 Å². The fraction of sp³-hybridized carbons (Fsp3) is 0.474. The van der Waals surface area contributed by atoms with Crippen LogP contribution in [0.5, 0.6) is 0 Å². The number of anilines is 2. The van der Waals surface area contributed by atoms with E-state index in [0.29, 0.717) is 5.92 Å². The lowest BCUT2D eigenvalue weighted by atomic mass is 9.86. The second kappa shape index (κ2) is 8.64. The molecule has 1 aliphatic heterocycles. The Morgan fingerprint density at radius 2 is 2.00 bits per heavy atom. The Kier molecular flexibility index (Phi) is 6.55. The summed E-state index contributed by atoms with van der Waals surface area (Å²) in [5.41, 5.74) is 5.53. The number of hydrogen-bond acceptors (Lipinski definition) is 4. The summed E-state index contributed by atoms with van der Waals surface area (Å²) in [6, 6.07) is 4.34. The van der Waals surface area contributed by atoms with Crippen LogP contribution in [0.4, 0.5) is 11.4 Å². The number of aryl methyl sites for hydroxylation is 2. The lowest BCUT2D eigenvalue weighted by molar-refractivity contribution is 0.459. The zero-order valence-electron chi connectivity index (χ0n) is 15.2. The van der Waals surface area contributed by atoms with Gasteiger partial charge in [-0.1, -0.05) is 13.8 Å². The van der Waals surface area contributed by atoms with E-state index in [4.69, 9.17) is 5.41 Å². The predicted octanol–water partition coefficient (Wildman–Crippen LogP) is 3.96. The molecule has 1 aliphatic rings. The third kappa shape index (κ3) is 4.23. The van der Waals surface area contributed by atoms with E-state index in [0.717, 1.165) is 30.0 Å². The molecule has 5 nitrogen and oxygen atoms in total. The van der Waals surface area contributed by atoms with E-state index in [1.165, 1.54) is 30.2 Å². The number of aromatic nitrogens is 2. The maximum absolute atomic E-state index is 7.67. The van der Waals surface area contributed by atoms with Crippen molar-refractivity contribution in [3.63, 3.8) is 0 Å². The summed E-state index contributed by atoms with van der Waals surface area (Å²) in [6.07, 6.45) is 7.52. The topological polar surface area (TPSA) is 65.7 Å². The second-order valence-electron chi connectivity index (χ2n) is 5.99. The molecule has 5 heteroatoms. The lowest BCUT2D eigenvalue weighted by Gasteiger charge is -2.25. The van der Waals surface area contributed by atoms with Crippen LogP contribution in [0.2, 0.25) is 0 Å². The van der Waals surface area contributed by atoms with Gasteiger partial charge in [0.2, 0.25) is 0 Å². The molecule has 2 aromatic rings. The minimum atomic E-state index is 0.607. The highest BCUT2D eigenvalue weighted by molar-refractivity contribution is 5.88. The highest BCUT2D eigenvalue weighted by Crippen LogP contribution is 2.32. The summed E-state index contributed by atoms with van der Waals surface area (Å²) in [5.74, 6) is 0.607. The molecule has 130 valence electrons. The third-order valence-electron chi connectivity index (χ3n) is 4.36. The van der Waals surface area contributed by atoms with Gasteiger partial charge in [0.25, 0.3) is 0 Å². The molecule has 3 rings (SSSR count). The number of nitrogens with zero attached hydrogens (tertiary/aromatic N) is 2. The number of piperidine rings is 1. The van der Waals surface area contributed by atoms with Crippen LogP contribution in [-0.4, -0.2) is 29.1 Å². The molecule has 0 spiro atoms. The predicted molar refractivity (Wildman–Crippen MR) is 102 cm³/mol. The molecule has 0 saturated carbocycles. The fourth-order valence-corrected chi connectivity index (χ4v) is 3.19. The Labute approximate surface area is 145 Å². The van der Waals surface area contributed by atoms with Gasteiger partial charge in [-0.3, -0.25) is 4.68 Å². The summed E-state index contributed by atoms with van der Waals surface area (Å²) in [6.45, 7) is 8.32. The van der Waals surface area contributed by atoms with Crippen molar-refractivity contribution in [3.05, 3.63) is 41.2 Å². The molecule has 24 heavy (non-hydrogen) atoms. The molecule has 1 aromatic heterocycles. The van der Waals surface area contributed by atoms with Crippen LogP contribution in [-0.2, 0) is 7.05 Å². The number of benzene rings is 1. The lowest BCUT2D eigenvalue weighted by Crippen LogP contribution is -2.27. The van der Waals surface area contributed by atoms with Gasteiger partial charge in [-0.25, -0.2) is 0 Å². The molecule has 0 aliphatic carbocycles. The highest BCUT2D eigenvalue weighted by atomic mass is 15.3. The number of rotatable bonds is 4. The first-order valence-corrected chi connectivity index (χ1v) is 8.79. The molecule has 0 atom stereocenters. The molecular weight excluding hydrogens is 298 g/mol. The summed E-state index contributed by atoms with van der Waals surface area (Å²) < 4.78 is 1.77. The fourth-order valence-electron chi connectivity index (χ4n) is 3.19. The average molecular weight is 327 g/mol. The Hall–Kier alpha value is -2.14. The molecule has 1 saturated heterocycles. The molecule has 0 bridgehead atoms. The summed E-state index contributed by atoms with van der Waals surface area (Å²) in [7, 11) is 1.90. The van der Waals surface area contributed by atoms with Crippen LogP contribution in [0.3, 0.4) is 0 Å². The zero-order valence-corrected chi connectivity index (χ0v) is 15.2. The van der Waals surface area contributed by atoms with E-state index in [2.05, 4.69) is 34.8 Å². The highest BCUT2D eigenvalue weighted by Gasteiger charge is 2.18. The van der Waals surface area contributed by atoms with Crippen molar-refractivity contribution in [2.75, 3.05) is 18.4 Å². The summed E-state index contributed by atoms with van der Waals surface area (Å²) >= 11 is 0. The molecule has 0 radical (unpaired) electrons. The largest absolute Gasteiger partial charge is 0.352 e. The smallest absolute Gasteiger partial charge is 0.0770 e. The minimum Gasteiger partial charge on any atom is -0.352 e. The van der Waals surface area contributed by atoms with Gasteiger partial charge in [0, 0.05) is 30.7 Å². The molecule has 0 amide bonds. The van der Waals surface area contributed by atoms with Crippen LogP contribution in [0.25, 0.3) is 0 Å². The van der Waals surface area contributed by atoms with E-state index < -0.39 is 0 Å². The Morgan fingerprint density at radius 1 is 1.29 bits per heavy atom. The van der Waals surface area contributed by atoms with Gasteiger partial charge in [0.15, 0.2) is 0 Å². The molecule has 0 unspecified atom stereocenters. The molecular formula is C19H29N5. The average Bonchev–Trinajstić information content (AvgIpc) is 3.03. The van der Waals surface area contributed by atoms with Crippen LogP contribution in [0, 0.1) is 12.3 Å². The van der Waals surface area contributed by atoms with Gasteiger partial charge >= 0.3 is 0 Å². The van der Waals surface area contributed by atoms with Crippen LogP contribution < -0.4 is 10.6 Å². The van der Waals surface area contributed by atoms with Gasteiger partial charge in [-0.2, -0.15) is 5.10 Å². The molecule has 1 aromatic carbocycles. The molecule has 2 heterocycles. The van der Waals surface area contributed by atoms with Crippen LogP contribution >= 0.6 is 0 Å².